The van der Waals surface area contributed by atoms with Crippen molar-refractivity contribution in [1.29, 1.82) is 0 Å². The SMILES string of the molecule is CN=C(NCC(=O)NC(C)(C)C)N1CCC2(CCC2)C1. The second-order valence-electron chi connectivity index (χ2n) is 7.22. The van der Waals surface area contributed by atoms with Crippen LogP contribution in [-0.4, -0.2) is 49.0 Å². The first kappa shape index (κ1) is 15.1. The molecule has 2 N–H and O–H groups in total. The van der Waals surface area contributed by atoms with Gasteiger partial charge < -0.3 is 15.5 Å². The molecule has 114 valence electrons. The number of nitrogens with one attached hydrogen (secondary N) is 2. The maximum atomic E-state index is 11.8. The number of amides is 1. The molecule has 2 aliphatic rings. The average Bonchev–Trinajstić information content (AvgIpc) is 2.72. The van der Waals surface area contributed by atoms with Crippen molar-refractivity contribution >= 4 is 11.9 Å². The van der Waals surface area contributed by atoms with E-state index in [9.17, 15) is 4.79 Å². The molecule has 0 aromatic heterocycles. The highest BCUT2D eigenvalue weighted by Crippen LogP contribution is 2.47. The van der Waals surface area contributed by atoms with Crippen LogP contribution in [0.4, 0.5) is 0 Å². The van der Waals surface area contributed by atoms with Crippen LogP contribution in [-0.2, 0) is 4.79 Å². The van der Waals surface area contributed by atoms with Gasteiger partial charge in [0.25, 0.3) is 0 Å². The summed E-state index contributed by atoms with van der Waals surface area (Å²) in [5.74, 6) is 0.869. The summed E-state index contributed by atoms with van der Waals surface area (Å²) in [7, 11) is 1.79. The number of carbonyl (C=O) groups is 1. The molecule has 2 fully saturated rings. The fourth-order valence-electron chi connectivity index (χ4n) is 3.15. The van der Waals surface area contributed by atoms with E-state index in [0.29, 0.717) is 5.41 Å². The Balaban J connectivity index is 1.80. The van der Waals surface area contributed by atoms with E-state index in [-0.39, 0.29) is 18.0 Å². The lowest BCUT2D eigenvalue weighted by atomic mass is 9.68. The highest BCUT2D eigenvalue weighted by Gasteiger charge is 2.43. The number of rotatable bonds is 2. The third kappa shape index (κ3) is 3.64. The number of guanidine groups is 1. The summed E-state index contributed by atoms with van der Waals surface area (Å²) in [5.41, 5.74) is 0.358. The number of nitrogens with zero attached hydrogens (tertiary/aromatic N) is 2. The van der Waals surface area contributed by atoms with Crippen molar-refractivity contribution in [1.82, 2.24) is 15.5 Å². The van der Waals surface area contributed by atoms with Crippen LogP contribution >= 0.6 is 0 Å². The average molecular weight is 280 g/mol. The molecule has 5 nitrogen and oxygen atoms in total. The van der Waals surface area contributed by atoms with E-state index in [1.807, 2.05) is 20.8 Å². The van der Waals surface area contributed by atoms with Gasteiger partial charge in [-0.05, 0) is 45.4 Å². The Hall–Kier alpha value is -1.26. The number of aliphatic imine (C=N–C) groups is 1. The van der Waals surface area contributed by atoms with E-state index in [2.05, 4.69) is 20.5 Å². The Bertz CT molecular complexity index is 393. The summed E-state index contributed by atoms with van der Waals surface area (Å²) in [4.78, 5) is 18.5. The zero-order valence-electron chi connectivity index (χ0n) is 13.3. The third-order valence-electron chi connectivity index (χ3n) is 4.29. The van der Waals surface area contributed by atoms with E-state index in [1.54, 1.807) is 7.05 Å². The van der Waals surface area contributed by atoms with E-state index in [0.717, 1.165) is 19.0 Å². The molecule has 0 radical (unpaired) electrons. The Labute approximate surface area is 122 Å². The van der Waals surface area contributed by atoms with Crippen molar-refractivity contribution in [2.24, 2.45) is 10.4 Å². The Morgan fingerprint density at radius 1 is 1.30 bits per heavy atom. The first-order chi connectivity index (χ1) is 9.34. The van der Waals surface area contributed by atoms with Crippen LogP contribution < -0.4 is 10.6 Å². The molecule has 0 atom stereocenters. The first-order valence-corrected chi connectivity index (χ1v) is 7.60. The standard InChI is InChI=1S/C15H28N4O/c1-14(2,3)18-12(20)10-17-13(16-4)19-9-8-15(11-19)6-5-7-15/h5-11H2,1-4H3,(H,16,17)(H,18,20). The molecule has 1 aliphatic carbocycles. The fourth-order valence-corrected chi connectivity index (χ4v) is 3.15. The lowest BCUT2D eigenvalue weighted by Gasteiger charge is -2.38. The largest absolute Gasteiger partial charge is 0.350 e. The minimum atomic E-state index is -0.189. The molecule has 1 heterocycles. The van der Waals surface area contributed by atoms with Gasteiger partial charge in [0.2, 0.25) is 5.91 Å². The maximum Gasteiger partial charge on any atom is 0.239 e. The molecule has 2 rings (SSSR count). The molecule has 1 saturated carbocycles. The van der Waals surface area contributed by atoms with Crippen LogP contribution in [0.25, 0.3) is 0 Å². The number of carbonyl (C=O) groups excluding carboxylic acids is 1. The van der Waals surface area contributed by atoms with E-state index in [4.69, 9.17) is 0 Å². The summed E-state index contributed by atoms with van der Waals surface area (Å²) in [5, 5.41) is 6.14. The maximum absolute atomic E-state index is 11.8. The lowest BCUT2D eigenvalue weighted by molar-refractivity contribution is -0.121. The predicted octanol–water partition coefficient (Wildman–Crippen LogP) is 1.35. The molecule has 0 aromatic carbocycles. The molecule has 0 unspecified atom stereocenters. The van der Waals surface area contributed by atoms with Gasteiger partial charge >= 0.3 is 0 Å². The van der Waals surface area contributed by atoms with Gasteiger partial charge in [0.1, 0.15) is 0 Å². The minimum absolute atomic E-state index is 0.0104. The van der Waals surface area contributed by atoms with Crippen molar-refractivity contribution in [3.63, 3.8) is 0 Å². The Kier molecular flexibility index (Phi) is 4.25. The summed E-state index contributed by atoms with van der Waals surface area (Å²) < 4.78 is 0. The molecule has 1 aliphatic heterocycles. The quantitative estimate of drug-likeness (QED) is 0.593. The minimum Gasteiger partial charge on any atom is -0.350 e. The van der Waals surface area contributed by atoms with E-state index < -0.39 is 0 Å². The summed E-state index contributed by atoms with van der Waals surface area (Å²) in [6.07, 6.45) is 5.34. The molecule has 1 saturated heterocycles. The highest BCUT2D eigenvalue weighted by molar-refractivity contribution is 5.86. The second-order valence-corrected chi connectivity index (χ2v) is 7.22. The van der Waals surface area contributed by atoms with Gasteiger partial charge in [-0.1, -0.05) is 6.42 Å². The van der Waals surface area contributed by atoms with Crippen LogP contribution in [0.5, 0.6) is 0 Å². The molecule has 5 heteroatoms. The van der Waals surface area contributed by atoms with Crippen LogP contribution in [0.1, 0.15) is 46.5 Å². The normalized spacial score (nSPS) is 21.8. The van der Waals surface area contributed by atoms with Crippen molar-refractivity contribution in [2.75, 3.05) is 26.7 Å². The van der Waals surface area contributed by atoms with Crippen LogP contribution in [0.15, 0.2) is 4.99 Å². The molecular formula is C15H28N4O. The number of likely N-dealkylation sites (tertiary alicyclic amines) is 1. The van der Waals surface area contributed by atoms with Gasteiger partial charge in [0.05, 0.1) is 6.54 Å². The first-order valence-electron chi connectivity index (χ1n) is 7.60. The van der Waals surface area contributed by atoms with Crippen LogP contribution in [0.3, 0.4) is 0 Å². The summed E-state index contributed by atoms with van der Waals surface area (Å²) in [6, 6.07) is 0. The molecule has 20 heavy (non-hydrogen) atoms. The van der Waals surface area contributed by atoms with E-state index in [1.165, 1.54) is 25.7 Å². The topological polar surface area (TPSA) is 56.7 Å². The lowest BCUT2D eigenvalue weighted by Crippen LogP contribution is -2.49. The zero-order chi connectivity index (χ0) is 14.8. The van der Waals surface area contributed by atoms with Gasteiger partial charge in [0.15, 0.2) is 5.96 Å². The molecule has 0 aromatic rings. The number of hydrogen-bond donors (Lipinski definition) is 2. The van der Waals surface area contributed by atoms with Crippen LogP contribution in [0, 0.1) is 5.41 Å². The summed E-state index contributed by atoms with van der Waals surface area (Å²) >= 11 is 0. The van der Waals surface area contributed by atoms with Gasteiger partial charge in [0, 0.05) is 25.7 Å². The van der Waals surface area contributed by atoms with Gasteiger partial charge in [-0.25, -0.2) is 0 Å². The monoisotopic (exact) mass is 280 g/mol. The van der Waals surface area contributed by atoms with Crippen molar-refractivity contribution in [3.8, 4) is 0 Å². The number of hydrogen-bond acceptors (Lipinski definition) is 2. The van der Waals surface area contributed by atoms with Gasteiger partial charge in [-0.3, -0.25) is 9.79 Å². The predicted molar refractivity (Wildman–Crippen MR) is 81.7 cm³/mol. The van der Waals surface area contributed by atoms with E-state index >= 15 is 0 Å². The molecular weight excluding hydrogens is 252 g/mol. The smallest absolute Gasteiger partial charge is 0.239 e. The molecule has 1 amide bonds. The van der Waals surface area contributed by atoms with Crippen molar-refractivity contribution < 1.29 is 4.79 Å². The summed E-state index contributed by atoms with van der Waals surface area (Å²) in [6.45, 7) is 8.39. The highest BCUT2D eigenvalue weighted by atomic mass is 16.2. The Morgan fingerprint density at radius 3 is 2.45 bits per heavy atom. The van der Waals surface area contributed by atoms with Crippen LogP contribution in [0.2, 0.25) is 0 Å². The van der Waals surface area contributed by atoms with Crippen molar-refractivity contribution in [3.05, 3.63) is 0 Å². The zero-order valence-corrected chi connectivity index (χ0v) is 13.3. The molecule has 1 spiro atoms. The van der Waals surface area contributed by atoms with Crippen molar-refractivity contribution in [2.45, 2.75) is 52.0 Å². The van der Waals surface area contributed by atoms with Gasteiger partial charge in [-0.2, -0.15) is 0 Å². The molecule has 0 bridgehead atoms. The van der Waals surface area contributed by atoms with Gasteiger partial charge in [-0.15, -0.1) is 0 Å². The Morgan fingerprint density at radius 2 is 2.00 bits per heavy atom. The fraction of sp³-hybridized carbons (Fsp3) is 0.867. The second kappa shape index (κ2) is 5.62. The third-order valence-corrected chi connectivity index (χ3v) is 4.29.